The van der Waals surface area contributed by atoms with Crippen LogP contribution < -0.4 is 15.4 Å². The lowest BCUT2D eigenvalue weighted by atomic mass is 9.91. The zero-order valence-electron chi connectivity index (χ0n) is 15.2. The van der Waals surface area contributed by atoms with E-state index in [9.17, 15) is 9.59 Å². The molecule has 0 unspecified atom stereocenters. The maximum Gasteiger partial charge on any atom is 0.265 e. The summed E-state index contributed by atoms with van der Waals surface area (Å²) < 4.78 is 5.95. The highest BCUT2D eigenvalue weighted by Crippen LogP contribution is 2.30. The third-order valence-electron chi connectivity index (χ3n) is 4.50. The van der Waals surface area contributed by atoms with E-state index in [2.05, 4.69) is 16.7 Å². The predicted molar refractivity (Wildman–Crippen MR) is 103 cm³/mol. The molecule has 1 aliphatic carbocycles. The summed E-state index contributed by atoms with van der Waals surface area (Å²) in [4.78, 5) is 23.5. The number of amides is 2. The summed E-state index contributed by atoms with van der Waals surface area (Å²) in [7, 11) is 0. The minimum absolute atomic E-state index is 0.130. The van der Waals surface area contributed by atoms with E-state index in [0.717, 1.165) is 25.0 Å². The van der Waals surface area contributed by atoms with Crippen LogP contribution >= 0.6 is 0 Å². The first kappa shape index (κ1) is 18.0. The van der Waals surface area contributed by atoms with Gasteiger partial charge in [-0.05, 0) is 74.1 Å². The van der Waals surface area contributed by atoms with E-state index in [1.165, 1.54) is 24.5 Å². The van der Waals surface area contributed by atoms with Gasteiger partial charge in [0.2, 0.25) is 5.91 Å². The van der Waals surface area contributed by atoms with Crippen LogP contribution in [-0.4, -0.2) is 17.9 Å². The molecule has 1 atom stereocenters. The highest BCUT2D eigenvalue weighted by molar-refractivity contribution is 5.94. The number of rotatable bonds is 5. The Morgan fingerprint density at radius 3 is 2.31 bits per heavy atom. The van der Waals surface area contributed by atoms with Crippen molar-refractivity contribution in [2.24, 2.45) is 0 Å². The SMILES string of the molecule is CC(=O)Nc1ccc(NC(=O)[C@@H](C)Oc2cccc3c2CCCC3)cc1. The Morgan fingerprint density at radius 1 is 0.962 bits per heavy atom. The average Bonchev–Trinajstić information content (AvgIpc) is 2.63. The van der Waals surface area contributed by atoms with E-state index in [0.29, 0.717) is 11.4 Å². The number of fused-ring (bicyclic) bond motifs is 1. The van der Waals surface area contributed by atoms with Gasteiger partial charge in [-0.2, -0.15) is 0 Å². The van der Waals surface area contributed by atoms with Crippen molar-refractivity contribution in [1.82, 2.24) is 0 Å². The molecular weight excluding hydrogens is 328 g/mol. The second kappa shape index (κ2) is 8.04. The van der Waals surface area contributed by atoms with E-state index in [4.69, 9.17) is 4.74 Å². The van der Waals surface area contributed by atoms with Crippen molar-refractivity contribution in [2.45, 2.75) is 45.6 Å². The molecule has 3 rings (SSSR count). The molecule has 2 N–H and O–H groups in total. The molecule has 2 aromatic carbocycles. The van der Waals surface area contributed by atoms with Crippen molar-refractivity contribution >= 4 is 23.2 Å². The first-order valence-corrected chi connectivity index (χ1v) is 8.99. The third-order valence-corrected chi connectivity index (χ3v) is 4.50. The lowest BCUT2D eigenvalue weighted by Gasteiger charge is -2.22. The van der Waals surface area contributed by atoms with Crippen molar-refractivity contribution in [1.29, 1.82) is 0 Å². The summed E-state index contributed by atoms with van der Waals surface area (Å²) in [6.07, 6.45) is 3.85. The molecule has 0 radical (unpaired) electrons. The second-order valence-corrected chi connectivity index (χ2v) is 6.61. The molecule has 5 heteroatoms. The molecule has 5 nitrogen and oxygen atoms in total. The predicted octanol–water partition coefficient (Wildman–Crippen LogP) is 3.93. The molecular formula is C21H24N2O3. The molecule has 0 fully saturated rings. The molecule has 2 amide bonds. The van der Waals surface area contributed by atoms with Crippen LogP contribution in [0.3, 0.4) is 0 Å². The highest BCUT2D eigenvalue weighted by Gasteiger charge is 2.19. The fourth-order valence-corrected chi connectivity index (χ4v) is 3.18. The lowest BCUT2D eigenvalue weighted by molar-refractivity contribution is -0.122. The molecule has 1 aliphatic rings. The summed E-state index contributed by atoms with van der Waals surface area (Å²) in [5.74, 6) is 0.478. The number of aryl methyl sites for hydroxylation is 1. The smallest absolute Gasteiger partial charge is 0.265 e. The van der Waals surface area contributed by atoms with E-state index in [1.54, 1.807) is 31.2 Å². The molecule has 0 saturated carbocycles. The Labute approximate surface area is 153 Å². The Hall–Kier alpha value is -2.82. The first-order valence-electron chi connectivity index (χ1n) is 8.99. The number of hydrogen-bond donors (Lipinski definition) is 2. The topological polar surface area (TPSA) is 67.4 Å². The van der Waals surface area contributed by atoms with Gasteiger partial charge in [0.25, 0.3) is 5.91 Å². The number of nitrogens with one attached hydrogen (secondary N) is 2. The van der Waals surface area contributed by atoms with Crippen molar-refractivity contribution in [3.8, 4) is 5.75 Å². The van der Waals surface area contributed by atoms with Gasteiger partial charge in [-0.15, -0.1) is 0 Å². The zero-order valence-corrected chi connectivity index (χ0v) is 15.2. The van der Waals surface area contributed by atoms with E-state index in [1.807, 2.05) is 12.1 Å². The molecule has 0 aliphatic heterocycles. The van der Waals surface area contributed by atoms with Gasteiger partial charge in [-0.1, -0.05) is 12.1 Å². The van der Waals surface area contributed by atoms with Crippen molar-refractivity contribution in [3.63, 3.8) is 0 Å². The van der Waals surface area contributed by atoms with Crippen LogP contribution in [0, 0.1) is 0 Å². The van der Waals surface area contributed by atoms with Crippen molar-refractivity contribution in [2.75, 3.05) is 10.6 Å². The van der Waals surface area contributed by atoms with E-state index < -0.39 is 6.10 Å². The summed E-state index contributed by atoms with van der Waals surface area (Å²) >= 11 is 0. The average molecular weight is 352 g/mol. The van der Waals surface area contributed by atoms with Crippen LogP contribution in [0.15, 0.2) is 42.5 Å². The van der Waals surface area contributed by atoms with Crippen molar-refractivity contribution in [3.05, 3.63) is 53.6 Å². The molecule has 0 aromatic heterocycles. The third kappa shape index (κ3) is 4.42. The number of carbonyl (C=O) groups excluding carboxylic acids is 2. The largest absolute Gasteiger partial charge is 0.481 e. The summed E-state index contributed by atoms with van der Waals surface area (Å²) in [6, 6.07) is 13.1. The highest BCUT2D eigenvalue weighted by atomic mass is 16.5. The van der Waals surface area contributed by atoms with Crippen LogP contribution in [0.25, 0.3) is 0 Å². The van der Waals surface area contributed by atoms with E-state index >= 15 is 0 Å². The second-order valence-electron chi connectivity index (χ2n) is 6.61. The Morgan fingerprint density at radius 2 is 1.62 bits per heavy atom. The summed E-state index contributed by atoms with van der Waals surface area (Å²) in [5, 5.41) is 5.54. The van der Waals surface area contributed by atoms with Gasteiger partial charge < -0.3 is 15.4 Å². The number of carbonyl (C=O) groups is 2. The number of benzene rings is 2. The van der Waals surface area contributed by atoms with Gasteiger partial charge in [0.1, 0.15) is 5.75 Å². The van der Waals surface area contributed by atoms with Gasteiger partial charge in [-0.25, -0.2) is 0 Å². The van der Waals surface area contributed by atoms with Crippen LogP contribution in [0.5, 0.6) is 5.75 Å². The van der Waals surface area contributed by atoms with Crippen molar-refractivity contribution < 1.29 is 14.3 Å². The van der Waals surface area contributed by atoms with Crippen LogP contribution in [-0.2, 0) is 22.4 Å². The van der Waals surface area contributed by atoms with Gasteiger partial charge in [0, 0.05) is 18.3 Å². The first-order chi connectivity index (χ1) is 12.5. The van der Waals surface area contributed by atoms with Crippen LogP contribution in [0.4, 0.5) is 11.4 Å². The minimum Gasteiger partial charge on any atom is -0.481 e. The number of anilines is 2. The summed E-state index contributed by atoms with van der Waals surface area (Å²) in [6.45, 7) is 3.21. The fourth-order valence-electron chi connectivity index (χ4n) is 3.18. The molecule has 0 heterocycles. The molecule has 2 aromatic rings. The van der Waals surface area contributed by atoms with Gasteiger partial charge in [0.15, 0.2) is 6.10 Å². The normalized spacial score (nSPS) is 14.1. The molecule has 0 bridgehead atoms. The van der Waals surface area contributed by atoms with Gasteiger partial charge >= 0.3 is 0 Å². The molecule has 0 saturated heterocycles. The van der Waals surface area contributed by atoms with Gasteiger partial charge in [0.05, 0.1) is 0 Å². The quantitative estimate of drug-likeness (QED) is 0.857. The Balaban J connectivity index is 1.62. The fraction of sp³-hybridized carbons (Fsp3) is 0.333. The Bertz CT molecular complexity index is 799. The standard InChI is InChI=1S/C21H24N2O3/c1-14(26-20-9-5-7-16-6-3-4-8-19(16)20)21(25)23-18-12-10-17(11-13-18)22-15(2)24/h5,7,9-14H,3-4,6,8H2,1-2H3,(H,22,24)(H,23,25)/t14-/m1/s1. The lowest BCUT2D eigenvalue weighted by Crippen LogP contribution is -2.30. The number of hydrogen-bond acceptors (Lipinski definition) is 3. The van der Waals surface area contributed by atoms with E-state index in [-0.39, 0.29) is 11.8 Å². The molecule has 26 heavy (non-hydrogen) atoms. The summed E-state index contributed by atoms with van der Waals surface area (Å²) in [5.41, 5.74) is 3.92. The van der Waals surface area contributed by atoms with Gasteiger partial charge in [-0.3, -0.25) is 9.59 Å². The Kier molecular flexibility index (Phi) is 5.56. The number of ether oxygens (including phenoxy) is 1. The van der Waals surface area contributed by atoms with Crippen LogP contribution in [0.1, 0.15) is 37.8 Å². The zero-order chi connectivity index (χ0) is 18.5. The minimum atomic E-state index is -0.599. The molecule has 0 spiro atoms. The molecule has 136 valence electrons. The van der Waals surface area contributed by atoms with Crippen LogP contribution in [0.2, 0.25) is 0 Å². The maximum absolute atomic E-state index is 12.4. The monoisotopic (exact) mass is 352 g/mol. The maximum atomic E-state index is 12.4.